The number of nitrogens with one attached hydrogen (secondary N) is 1. The van der Waals surface area contributed by atoms with Crippen LogP contribution < -0.4 is 0 Å². The van der Waals surface area contributed by atoms with E-state index in [9.17, 15) is 0 Å². The molecule has 1 heterocycles. The highest BCUT2D eigenvalue weighted by molar-refractivity contribution is 5.77. The van der Waals surface area contributed by atoms with Crippen LogP contribution in [0.1, 0.15) is 19.4 Å². The van der Waals surface area contributed by atoms with E-state index in [1.807, 2.05) is 38.1 Å². The standard InChI is InChI=1S/C9H8N2.C2H6/c1-2-7-3-4-8-9(5-7)11-6-10-8;1-2/h2-6H,1H2,(H,10,11);1-2H3. The van der Waals surface area contributed by atoms with Gasteiger partial charge in [-0.05, 0) is 17.7 Å². The first-order valence-electron chi connectivity index (χ1n) is 4.46. The van der Waals surface area contributed by atoms with Crippen LogP contribution in [0.5, 0.6) is 0 Å². The first-order valence-corrected chi connectivity index (χ1v) is 4.46. The van der Waals surface area contributed by atoms with Gasteiger partial charge in [0.2, 0.25) is 0 Å². The summed E-state index contributed by atoms with van der Waals surface area (Å²) >= 11 is 0. The van der Waals surface area contributed by atoms with E-state index >= 15 is 0 Å². The van der Waals surface area contributed by atoms with Crippen LogP contribution in [0, 0.1) is 0 Å². The SMILES string of the molecule is C=Cc1ccc2nc[nH]c2c1.CC. The molecule has 0 amide bonds. The predicted molar refractivity (Wildman–Crippen MR) is 57.5 cm³/mol. The number of hydrogen-bond donors (Lipinski definition) is 1. The zero-order valence-electron chi connectivity index (χ0n) is 8.04. The van der Waals surface area contributed by atoms with Crippen molar-refractivity contribution < 1.29 is 0 Å². The first kappa shape index (κ1) is 9.52. The molecule has 0 bridgehead atoms. The number of fused-ring (bicyclic) bond motifs is 1. The van der Waals surface area contributed by atoms with Gasteiger partial charge in [0.05, 0.1) is 17.4 Å². The van der Waals surface area contributed by atoms with E-state index in [1.165, 1.54) is 0 Å². The van der Waals surface area contributed by atoms with Gasteiger partial charge in [-0.15, -0.1) is 0 Å². The highest BCUT2D eigenvalue weighted by Crippen LogP contribution is 2.11. The molecular weight excluding hydrogens is 160 g/mol. The van der Waals surface area contributed by atoms with Crippen molar-refractivity contribution in [2.24, 2.45) is 0 Å². The van der Waals surface area contributed by atoms with Crippen molar-refractivity contribution in [2.75, 3.05) is 0 Å². The van der Waals surface area contributed by atoms with Crippen molar-refractivity contribution in [3.05, 3.63) is 36.7 Å². The number of nitrogens with zero attached hydrogens (tertiary/aromatic N) is 1. The Bertz CT molecular complexity index is 388. The van der Waals surface area contributed by atoms with Crippen LogP contribution >= 0.6 is 0 Å². The van der Waals surface area contributed by atoms with E-state index in [4.69, 9.17) is 0 Å². The molecule has 2 heteroatoms. The Morgan fingerprint density at radius 2 is 2.15 bits per heavy atom. The molecule has 2 nitrogen and oxygen atoms in total. The second-order valence-electron chi connectivity index (χ2n) is 2.38. The average molecular weight is 174 g/mol. The molecule has 0 aliphatic rings. The van der Waals surface area contributed by atoms with Crippen LogP contribution in [-0.4, -0.2) is 9.97 Å². The molecule has 0 radical (unpaired) electrons. The number of aromatic amines is 1. The molecular formula is C11H14N2. The van der Waals surface area contributed by atoms with Crippen molar-refractivity contribution in [3.63, 3.8) is 0 Å². The van der Waals surface area contributed by atoms with E-state index in [-0.39, 0.29) is 0 Å². The average Bonchev–Trinajstić information content (AvgIpc) is 2.67. The number of hydrogen-bond acceptors (Lipinski definition) is 1. The highest BCUT2D eigenvalue weighted by Gasteiger charge is 1.93. The van der Waals surface area contributed by atoms with E-state index in [1.54, 1.807) is 6.33 Å². The van der Waals surface area contributed by atoms with Gasteiger partial charge in [-0.2, -0.15) is 0 Å². The van der Waals surface area contributed by atoms with Gasteiger partial charge in [0.25, 0.3) is 0 Å². The Kier molecular flexibility index (Phi) is 3.26. The summed E-state index contributed by atoms with van der Waals surface area (Å²) in [4.78, 5) is 7.14. The minimum absolute atomic E-state index is 0.996. The normalized spacial score (nSPS) is 9.08. The van der Waals surface area contributed by atoms with Crippen LogP contribution in [0.3, 0.4) is 0 Å². The summed E-state index contributed by atoms with van der Waals surface area (Å²) in [5.74, 6) is 0. The van der Waals surface area contributed by atoms with Crippen molar-refractivity contribution >= 4 is 17.1 Å². The third kappa shape index (κ3) is 1.96. The van der Waals surface area contributed by atoms with Crippen LogP contribution in [0.15, 0.2) is 31.1 Å². The second kappa shape index (κ2) is 4.45. The Hall–Kier alpha value is -1.57. The topological polar surface area (TPSA) is 28.7 Å². The minimum atomic E-state index is 0.996. The molecule has 0 fully saturated rings. The van der Waals surface area contributed by atoms with Crippen LogP contribution in [0.25, 0.3) is 17.1 Å². The highest BCUT2D eigenvalue weighted by atomic mass is 14.9. The molecule has 1 N–H and O–H groups in total. The van der Waals surface area contributed by atoms with E-state index in [0.717, 1.165) is 16.6 Å². The number of aromatic nitrogens is 2. The second-order valence-corrected chi connectivity index (χ2v) is 2.38. The van der Waals surface area contributed by atoms with Crippen molar-refractivity contribution in [2.45, 2.75) is 13.8 Å². The maximum absolute atomic E-state index is 4.10. The molecule has 0 unspecified atom stereocenters. The smallest absolute Gasteiger partial charge is 0.0931 e. The fourth-order valence-electron chi connectivity index (χ4n) is 1.08. The van der Waals surface area contributed by atoms with Gasteiger partial charge in [-0.1, -0.05) is 32.6 Å². The van der Waals surface area contributed by atoms with Crippen LogP contribution in [0.4, 0.5) is 0 Å². The lowest BCUT2D eigenvalue weighted by Crippen LogP contribution is -1.71. The van der Waals surface area contributed by atoms with E-state index in [0.29, 0.717) is 0 Å². The first-order chi connectivity index (χ1) is 6.40. The third-order valence-electron chi connectivity index (χ3n) is 1.68. The quantitative estimate of drug-likeness (QED) is 0.706. The van der Waals surface area contributed by atoms with Crippen LogP contribution in [0.2, 0.25) is 0 Å². The van der Waals surface area contributed by atoms with Gasteiger partial charge >= 0.3 is 0 Å². The lowest BCUT2D eigenvalue weighted by atomic mass is 10.2. The maximum Gasteiger partial charge on any atom is 0.0931 e. The Labute approximate surface area is 78.3 Å². The predicted octanol–water partition coefficient (Wildman–Crippen LogP) is 3.23. The minimum Gasteiger partial charge on any atom is -0.345 e. The summed E-state index contributed by atoms with van der Waals surface area (Å²) < 4.78 is 0. The largest absolute Gasteiger partial charge is 0.345 e. The molecule has 1 aromatic carbocycles. The molecule has 2 aromatic rings. The summed E-state index contributed by atoms with van der Waals surface area (Å²) in [7, 11) is 0. The molecule has 2 rings (SSSR count). The number of rotatable bonds is 1. The molecule has 0 aliphatic carbocycles. The number of imidazole rings is 1. The van der Waals surface area contributed by atoms with Gasteiger partial charge < -0.3 is 4.98 Å². The number of H-pyrrole nitrogens is 1. The monoisotopic (exact) mass is 174 g/mol. The molecule has 0 atom stereocenters. The van der Waals surface area contributed by atoms with Crippen molar-refractivity contribution in [1.82, 2.24) is 9.97 Å². The lowest BCUT2D eigenvalue weighted by molar-refractivity contribution is 1.34. The van der Waals surface area contributed by atoms with Gasteiger partial charge in [-0.25, -0.2) is 4.98 Å². The fourth-order valence-corrected chi connectivity index (χ4v) is 1.08. The fraction of sp³-hybridized carbons (Fsp3) is 0.182. The summed E-state index contributed by atoms with van der Waals surface area (Å²) in [6, 6.07) is 5.99. The lowest BCUT2D eigenvalue weighted by Gasteiger charge is -1.90. The maximum atomic E-state index is 4.10. The Morgan fingerprint density at radius 3 is 2.85 bits per heavy atom. The molecule has 13 heavy (non-hydrogen) atoms. The zero-order valence-corrected chi connectivity index (χ0v) is 8.04. The third-order valence-corrected chi connectivity index (χ3v) is 1.68. The van der Waals surface area contributed by atoms with Gasteiger partial charge in [0.15, 0.2) is 0 Å². The Balaban J connectivity index is 0.000000396. The summed E-state index contributed by atoms with van der Waals surface area (Å²) in [5.41, 5.74) is 3.17. The molecule has 68 valence electrons. The molecule has 0 saturated carbocycles. The van der Waals surface area contributed by atoms with Crippen molar-refractivity contribution in [3.8, 4) is 0 Å². The summed E-state index contributed by atoms with van der Waals surface area (Å²) in [6.07, 6.45) is 3.51. The molecule has 0 saturated heterocycles. The molecule has 0 spiro atoms. The van der Waals surface area contributed by atoms with E-state index in [2.05, 4.69) is 16.5 Å². The van der Waals surface area contributed by atoms with Gasteiger partial charge in [0.1, 0.15) is 0 Å². The Morgan fingerprint density at radius 1 is 1.38 bits per heavy atom. The van der Waals surface area contributed by atoms with Crippen LogP contribution in [-0.2, 0) is 0 Å². The number of benzene rings is 1. The zero-order chi connectivity index (χ0) is 9.68. The molecule has 0 aliphatic heterocycles. The van der Waals surface area contributed by atoms with Gasteiger partial charge in [-0.3, -0.25) is 0 Å². The molecule has 1 aromatic heterocycles. The van der Waals surface area contributed by atoms with E-state index < -0.39 is 0 Å². The van der Waals surface area contributed by atoms with Crippen molar-refractivity contribution in [1.29, 1.82) is 0 Å². The van der Waals surface area contributed by atoms with Gasteiger partial charge in [0, 0.05) is 0 Å². The summed E-state index contributed by atoms with van der Waals surface area (Å²) in [5, 5.41) is 0. The summed E-state index contributed by atoms with van der Waals surface area (Å²) in [6.45, 7) is 7.69.